The lowest BCUT2D eigenvalue weighted by atomic mass is 10.2. The van der Waals surface area contributed by atoms with Gasteiger partial charge >= 0.3 is 0 Å². The Morgan fingerprint density at radius 3 is 2.83 bits per heavy atom. The molecule has 2 N–H and O–H groups in total. The lowest BCUT2D eigenvalue weighted by Crippen LogP contribution is -2.43. The molecule has 0 amide bonds. The number of aliphatic hydroxyl groups is 1. The molecule has 3 nitrogen and oxygen atoms in total. The minimum Gasteiger partial charge on any atom is -0.392 e. The van der Waals surface area contributed by atoms with E-state index in [-0.39, 0.29) is 12.1 Å². The van der Waals surface area contributed by atoms with Crippen molar-refractivity contribution in [2.45, 2.75) is 44.4 Å². The molecule has 1 aliphatic rings. The normalized spacial score (nSPS) is 32.2. The Morgan fingerprint density at radius 2 is 2.33 bits per heavy atom. The van der Waals surface area contributed by atoms with Crippen LogP contribution in [0.3, 0.4) is 0 Å². The molecule has 12 heavy (non-hydrogen) atoms. The van der Waals surface area contributed by atoms with Gasteiger partial charge in [0, 0.05) is 19.2 Å². The summed E-state index contributed by atoms with van der Waals surface area (Å²) in [5.41, 5.74) is 0. The number of aliphatic hydroxyl groups excluding tert-OH is 1. The van der Waals surface area contributed by atoms with Crippen molar-refractivity contribution in [1.29, 1.82) is 0 Å². The van der Waals surface area contributed by atoms with Gasteiger partial charge in [-0.25, -0.2) is 0 Å². The molecule has 3 atom stereocenters. The zero-order valence-electron chi connectivity index (χ0n) is 7.92. The Morgan fingerprint density at radius 1 is 1.58 bits per heavy atom. The molecule has 72 valence electrons. The van der Waals surface area contributed by atoms with Crippen LogP contribution in [0.2, 0.25) is 0 Å². The lowest BCUT2D eigenvalue weighted by molar-refractivity contribution is 0.122. The van der Waals surface area contributed by atoms with Crippen LogP contribution in [0.25, 0.3) is 0 Å². The number of hydrogen-bond acceptors (Lipinski definition) is 3. The average molecular weight is 173 g/mol. The molecule has 0 bridgehead atoms. The minimum atomic E-state index is -0.149. The second-order valence-electron chi connectivity index (χ2n) is 3.63. The molecular weight excluding hydrogens is 154 g/mol. The van der Waals surface area contributed by atoms with E-state index in [0.717, 1.165) is 19.3 Å². The van der Waals surface area contributed by atoms with Crippen LogP contribution in [-0.2, 0) is 4.74 Å². The maximum Gasteiger partial charge on any atom is 0.0693 e. The molecule has 0 radical (unpaired) electrons. The third-order valence-corrected chi connectivity index (χ3v) is 2.39. The van der Waals surface area contributed by atoms with Gasteiger partial charge in [0.05, 0.1) is 12.7 Å². The first-order valence-corrected chi connectivity index (χ1v) is 4.67. The van der Waals surface area contributed by atoms with E-state index in [1.807, 2.05) is 0 Å². The smallest absolute Gasteiger partial charge is 0.0693 e. The molecule has 0 spiro atoms. The molecule has 3 unspecified atom stereocenters. The Labute approximate surface area is 74.1 Å². The summed E-state index contributed by atoms with van der Waals surface area (Å²) in [6, 6.07) is 0.628. The quantitative estimate of drug-likeness (QED) is 0.651. The van der Waals surface area contributed by atoms with E-state index in [2.05, 4.69) is 12.2 Å². The van der Waals surface area contributed by atoms with Crippen LogP contribution >= 0.6 is 0 Å². The standard InChI is InChI=1S/C9H19NO2/c1-7(6-12-2)10-8-4-3-5-9(8)11/h7-11H,3-6H2,1-2H3. The SMILES string of the molecule is COCC(C)NC1CCCC1O. The second-order valence-corrected chi connectivity index (χ2v) is 3.63. The second kappa shape index (κ2) is 4.80. The van der Waals surface area contributed by atoms with E-state index in [1.54, 1.807) is 7.11 Å². The van der Waals surface area contributed by atoms with Gasteiger partial charge in [0.25, 0.3) is 0 Å². The van der Waals surface area contributed by atoms with Gasteiger partial charge in [-0.2, -0.15) is 0 Å². The maximum atomic E-state index is 9.50. The van der Waals surface area contributed by atoms with E-state index in [9.17, 15) is 5.11 Å². The fourth-order valence-electron chi connectivity index (χ4n) is 1.80. The summed E-state index contributed by atoms with van der Waals surface area (Å²) >= 11 is 0. The zero-order chi connectivity index (χ0) is 8.97. The molecule has 0 aromatic rings. The molecule has 1 aliphatic carbocycles. The number of rotatable bonds is 4. The van der Waals surface area contributed by atoms with E-state index in [1.165, 1.54) is 0 Å². The predicted molar refractivity (Wildman–Crippen MR) is 48.1 cm³/mol. The van der Waals surface area contributed by atoms with Gasteiger partial charge in [0.15, 0.2) is 0 Å². The van der Waals surface area contributed by atoms with Gasteiger partial charge in [-0.05, 0) is 26.2 Å². The maximum absolute atomic E-state index is 9.50. The topological polar surface area (TPSA) is 41.5 Å². The molecule has 1 fully saturated rings. The van der Waals surface area contributed by atoms with Crippen LogP contribution in [0.15, 0.2) is 0 Å². The summed E-state index contributed by atoms with van der Waals surface area (Å²) < 4.78 is 5.01. The molecule has 0 aliphatic heterocycles. The van der Waals surface area contributed by atoms with Crippen molar-refractivity contribution >= 4 is 0 Å². The van der Waals surface area contributed by atoms with Crippen molar-refractivity contribution in [2.75, 3.05) is 13.7 Å². The fraction of sp³-hybridized carbons (Fsp3) is 1.00. The van der Waals surface area contributed by atoms with Crippen LogP contribution in [0, 0.1) is 0 Å². The first-order chi connectivity index (χ1) is 5.74. The summed E-state index contributed by atoms with van der Waals surface area (Å²) in [5, 5.41) is 12.9. The largest absolute Gasteiger partial charge is 0.392 e. The molecule has 1 saturated carbocycles. The first-order valence-electron chi connectivity index (χ1n) is 4.67. The van der Waals surface area contributed by atoms with E-state index in [0.29, 0.717) is 12.6 Å². The number of nitrogens with one attached hydrogen (secondary N) is 1. The van der Waals surface area contributed by atoms with Gasteiger partial charge < -0.3 is 15.2 Å². The van der Waals surface area contributed by atoms with Crippen molar-refractivity contribution < 1.29 is 9.84 Å². The highest BCUT2D eigenvalue weighted by atomic mass is 16.5. The highest BCUT2D eigenvalue weighted by Crippen LogP contribution is 2.18. The molecule has 3 heteroatoms. The van der Waals surface area contributed by atoms with Gasteiger partial charge in [-0.1, -0.05) is 0 Å². The Balaban J connectivity index is 2.20. The number of methoxy groups -OCH3 is 1. The van der Waals surface area contributed by atoms with Crippen molar-refractivity contribution in [1.82, 2.24) is 5.32 Å². The molecule has 0 aromatic carbocycles. The molecule has 0 saturated heterocycles. The molecule has 1 rings (SSSR count). The monoisotopic (exact) mass is 173 g/mol. The zero-order valence-corrected chi connectivity index (χ0v) is 7.92. The first kappa shape index (κ1) is 9.96. The summed E-state index contributed by atoms with van der Waals surface area (Å²) in [6.07, 6.45) is 3.02. The summed E-state index contributed by atoms with van der Waals surface area (Å²) in [5.74, 6) is 0. The Bertz CT molecular complexity index is 130. The summed E-state index contributed by atoms with van der Waals surface area (Å²) in [7, 11) is 1.70. The van der Waals surface area contributed by atoms with Gasteiger partial charge in [0.2, 0.25) is 0 Å². The average Bonchev–Trinajstić information content (AvgIpc) is 2.37. The van der Waals surface area contributed by atoms with Gasteiger partial charge in [0.1, 0.15) is 0 Å². The highest BCUT2D eigenvalue weighted by Gasteiger charge is 2.25. The Kier molecular flexibility index (Phi) is 3.98. The van der Waals surface area contributed by atoms with Crippen LogP contribution < -0.4 is 5.32 Å². The van der Waals surface area contributed by atoms with Gasteiger partial charge in [-0.3, -0.25) is 0 Å². The predicted octanol–water partition coefficient (Wildman–Crippen LogP) is 0.524. The third-order valence-electron chi connectivity index (χ3n) is 2.39. The number of hydrogen-bond donors (Lipinski definition) is 2. The van der Waals surface area contributed by atoms with Crippen molar-refractivity contribution in [3.8, 4) is 0 Å². The Hall–Kier alpha value is -0.120. The summed E-state index contributed by atoms with van der Waals surface area (Å²) in [6.45, 7) is 2.79. The number of ether oxygens (including phenoxy) is 1. The third kappa shape index (κ3) is 2.73. The molecule has 0 aromatic heterocycles. The van der Waals surface area contributed by atoms with E-state index < -0.39 is 0 Å². The molecular formula is C9H19NO2. The van der Waals surface area contributed by atoms with Crippen LogP contribution in [0.5, 0.6) is 0 Å². The fourth-order valence-corrected chi connectivity index (χ4v) is 1.80. The van der Waals surface area contributed by atoms with Crippen molar-refractivity contribution in [3.63, 3.8) is 0 Å². The van der Waals surface area contributed by atoms with Crippen LogP contribution in [0.4, 0.5) is 0 Å². The summed E-state index contributed by atoms with van der Waals surface area (Å²) in [4.78, 5) is 0. The highest BCUT2D eigenvalue weighted by molar-refractivity contribution is 4.84. The van der Waals surface area contributed by atoms with E-state index in [4.69, 9.17) is 4.74 Å². The van der Waals surface area contributed by atoms with Crippen LogP contribution in [0.1, 0.15) is 26.2 Å². The van der Waals surface area contributed by atoms with E-state index >= 15 is 0 Å². The lowest BCUT2D eigenvalue weighted by Gasteiger charge is -2.21. The van der Waals surface area contributed by atoms with Crippen molar-refractivity contribution in [3.05, 3.63) is 0 Å². The molecule has 0 heterocycles. The minimum absolute atomic E-state index is 0.149. The van der Waals surface area contributed by atoms with Crippen molar-refractivity contribution in [2.24, 2.45) is 0 Å². The van der Waals surface area contributed by atoms with Crippen LogP contribution in [-0.4, -0.2) is 37.0 Å². The van der Waals surface area contributed by atoms with Gasteiger partial charge in [-0.15, -0.1) is 0 Å².